The molecule has 25 heavy (non-hydrogen) atoms. The number of amides is 1. The fourth-order valence-corrected chi connectivity index (χ4v) is 2.76. The minimum absolute atomic E-state index is 0.247. The highest BCUT2D eigenvalue weighted by atomic mass is 16.5. The number of carbonyl (C=O) groups excluding carboxylic acids is 1. The van der Waals surface area contributed by atoms with E-state index in [4.69, 9.17) is 4.74 Å². The van der Waals surface area contributed by atoms with E-state index in [9.17, 15) is 4.79 Å². The molecule has 4 rings (SSSR count). The molecule has 0 saturated heterocycles. The van der Waals surface area contributed by atoms with Gasteiger partial charge in [0.2, 0.25) is 0 Å². The van der Waals surface area contributed by atoms with Crippen molar-refractivity contribution in [3.05, 3.63) is 66.5 Å². The summed E-state index contributed by atoms with van der Waals surface area (Å²) in [5.74, 6) is 0.461. The highest BCUT2D eigenvalue weighted by Gasteiger charge is 2.14. The van der Waals surface area contributed by atoms with Crippen LogP contribution in [0.5, 0.6) is 5.75 Å². The van der Waals surface area contributed by atoms with Gasteiger partial charge in [0, 0.05) is 28.4 Å². The van der Waals surface area contributed by atoms with Crippen LogP contribution in [0.4, 0.5) is 5.69 Å². The van der Waals surface area contributed by atoms with E-state index in [-0.39, 0.29) is 5.91 Å². The van der Waals surface area contributed by atoms with E-state index in [2.05, 4.69) is 20.5 Å². The normalized spacial score (nSPS) is 10.8. The first-order valence-corrected chi connectivity index (χ1v) is 7.82. The molecule has 0 fully saturated rings. The van der Waals surface area contributed by atoms with Gasteiger partial charge < -0.3 is 15.0 Å². The van der Waals surface area contributed by atoms with Crippen molar-refractivity contribution in [2.24, 2.45) is 0 Å². The summed E-state index contributed by atoms with van der Waals surface area (Å²) in [6.07, 6.45) is 1.87. The van der Waals surface area contributed by atoms with Crippen LogP contribution in [-0.2, 0) is 0 Å². The number of aromatic amines is 2. The Bertz CT molecular complexity index is 1050. The number of ether oxygens (including phenoxy) is 1. The van der Waals surface area contributed by atoms with Gasteiger partial charge in [0.05, 0.1) is 12.8 Å². The van der Waals surface area contributed by atoms with Gasteiger partial charge in [-0.15, -0.1) is 0 Å². The van der Waals surface area contributed by atoms with Gasteiger partial charge in [0.1, 0.15) is 11.4 Å². The Hall–Kier alpha value is -3.54. The van der Waals surface area contributed by atoms with Crippen LogP contribution in [0.3, 0.4) is 0 Å². The minimum Gasteiger partial charge on any atom is -0.496 e. The first-order valence-electron chi connectivity index (χ1n) is 7.82. The summed E-state index contributed by atoms with van der Waals surface area (Å²) in [6.45, 7) is 0. The monoisotopic (exact) mass is 332 g/mol. The fraction of sp³-hybridized carbons (Fsp3) is 0.0526. The Kier molecular flexibility index (Phi) is 3.70. The number of nitrogens with one attached hydrogen (secondary N) is 3. The molecule has 0 aliphatic carbocycles. The third-order valence-corrected chi connectivity index (χ3v) is 4.02. The maximum atomic E-state index is 12.5. The lowest BCUT2D eigenvalue weighted by Crippen LogP contribution is -2.12. The van der Waals surface area contributed by atoms with Gasteiger partial charge in [-0.1, -0.05) is 12.1 Å². The number of hydrogen-bond donors (Lipinski definition) is 3. The molecular weight excluding hydrogens is 316 g/mol. The van der Waals surface area contributed by atoms with E-state index >= 15 is 0 Å². The van der Waals surface area contributed by atoms with Crippen molar-refractivity contribution >= 4 is 22.5 Å². The molecular formula is C19H16N4O2. The zero-order chi connectivity index (χ0) is 17.2. The number of nitrogens with zero attached hydrogens (tertiary/aromatic N) is 1. The fourth-order valence-electron chi connectivity index (χ4n) is 2.76. The van der Waals surface area contributed by atoms with Gasteiger partial charge in [-0.3, -0.25) is 9.89 Å². The van der Waals surface area contributed by atoms with Gasteiger partial charge in [-0.25, -0.2) is 0 Å². The van der Waals surface area contributed by atoms with Crippen LogP contribution in [0.25, 0.3) is 22.2 Å². The summed E-state index contributed by atoms with van der Waals surface area (Å²) in [6, 6.07) is 16.9. The lowest BCUT2D eigenvalue weighted by atomic mass is 10.1. The molecule has 0 aliphatic rings. The predicted octanol–water partition coefficient (Wildman–Crippen LogP) is 3.82. The number of hydrogen-bond acceptors (Lipinski definition) is 3. The van der Waals surface area contributed by atoms with Crippen molar-refractivity contribution in [3.63, 3.8) is 0 Å². The van der Waals surface area contributed by atoms with Crippen LogP contribution in [0.2, 0.25) is 0 Å². The third-order valence-electron chi connectivity index (χ3n) is 4.02. The van der Waals surface area contributed by atoms with E-state index in [1.165, 1.54) is 0 Å². The number of aromatic nitrogens is 3. The number of H-pyrrole nitrogens is 2. The van der Waals surface area contributed by atoms with Crippen LogP contribution in [0.1, 0.15) is 10.5 Å². The van der Waals surface area contributed by atoms with Crippen molar-refractivity contribution in [1.29, 1.82) is 0 Å². The van der Waals surface area contributed by atoms with Crippen molar-refractivity contribution in [3.8, 4) is 17.0 Å². The number of fused-ring (bicyclic) bond motifs is 1. The standard InChI is InChI=1S/C19H16N4O2/c1-25-18-5-3-2-4-14(18)16-11-17(23-22-16)19(24)21-13-6-7-15-12(10-13)8-9-20-15/h2-11,20H,1H3,(H,21,24)(H,22,23). The Labute approximate surface area is 143 Å². The van der Waals surface area contributed by atoms with Gasteiger partial charge in [0.25, 0.3) is 5.91 Å². The molecule has 0 radical (unpaired) electrons. The second-order valence-corrected chi connectivity index (χ2v) is 5.60. The predicted molar refractivity (Wildman–Crippen MR) is 96.8 cm³/mol. The molecule has 0 atom stereocenters. The molecule has 6 heteroatoms. The van der Waals surface area contributed by atoms with Crippen molar-refractivity contribution in [1.82, 2.24) is 15.2 Å². The smallest absolute Gasteiger partial charge is 0.273 e. The van der Waals surface area contributed by atoms with Crippen LogP contribution in [0, 0.1) is 0 Å². The molecule has 0 spiro atoms. The lowest BCUT2D eigenvalue weighted by Gasteiger charge is -2.04. The number of carbonyl (C=O) groups is 1. The first-order chi connectivity index (χ1) is 12.2. The average molecular weight is 332 g/mol. The SMILES string of the molecule is COc1ccccc1-c1cc(C(=O)Nc2ccc3[nH]ccc3c2)[nH]n1. The largest absolute Gasteiger partial charge is 0.496 e. The molecule has 0 unspecified atom stereocenters. The number of rotatable bonds is 4. The summed E-state index contributed by atoms with van der Waals surface area (Å²) in [5, 5.41) is 10.9. The zero-order valence-corrected chi connectivity index (χ0v) is 13.5. The maximum Gasteiger partial charge on any atom is 0.273 e. The van der Waals surface area contributed by atoms with Gasteiger partial charge in [0.15, 0.2) is 0 Å². The van der Waals surface area contributed by atoms with E-state index in [0.717, 1.165) is 22.2 Å². The summed E-state index contributed by atoms with van der Waals surface area (Å²) in [4.78, 5) is 15.6. The van der Waals surface area contributed by atoms with Crippen molar-refractivity contribution < 1.29 is 9.53 Å². The van der Waals surface area contributed by atoms with E-state index in [0.29, 0.717) is 17.1 Å². The van der Waals surface area contributed by atoms with Gasteiger partial charge in [-0.05, 0) is 42.5 Å². The van der Waals surface area contributed by atoms with Gasteiger partial charge in [-0.2, -0.15) is 5.10 Å². The topological polar surface area (TPSA) is 82.8 Å². The van der Waals surface area contributed by atoms with E-state index in [1.54, 1.807) is 13.2 Å². The van der Waals surface area contributed by atoms with Crippen molar-refractivity contribution in [2.45, 2.75) is 0 Å². The lowest BCUT2D eigenvalue weighted by molar-refractivity contribution is 0.102. The first kappa shape index (κ1) is 15.0. The molecule has 0 bridgehead atoms. The van der Waals surface area contributed by atoms with Crippen LogP contribution in [-0.4, -0.2) is 28.2 Å². The Morgan fingerprint density at radius 3 is 2.88 bits per heavy atom. The molecule has 124 valence electrons. The number of methoxy groups -OCH3 is 1. The highest BCUT2D eigenvalue weighted by molar-refractivity contribution is 6.04. The molecule has 0 aliphatic heterocycles. The van der Waals surface area contributed by atoms with E-state index < -0.39 is 0 Å². The third kappa shape index (κ3) is 2.85. The molecule has 2 heterocycles. The molecule has 3 N–H and O–H groups in total. The molecule has 2 aromatic carbocycles. The average Bonchev–Trinajstić information content (AvgIpc) is 3.30. The highest BCUT2D eigenvalue weighted by Crippen LogP contribution is 2.28. The second-order valence-electron chi connectivity index (χ2n) is 5.60. The Morgan fingerprint density at radius 1 is 1.12 bits per heavy atom. The molecule has 0 saturated carbocycles. The number of benzene rings is 2. The van der Waals surface area contributed by atoms with Crippen LogP contribution < -0.4 is 10.1 Å². The minimum atomic E-state index is -0.247. The summed E-state index contributed by atoms with van der Waals surface area (Å²) < 4.78 is 5.34. The zero-order valence-electron chi connectivity index (χ0n) is 13.5. The maximum absolute atomic E-state index is 12.5. The number of anilines is 1. The van der Waals surface area contributed by atoms with E-state index in [1.807, 2.05) is 54.7 Å². The number of para-hydroxylation sites is 1. The van der Waals surface area contributed by atoms with Gasteiger partial charge >= 0.3 is 0 Å². The molecule has 2 aromatic heterocycles. The Balaban J connectivity index is 1.57. The molecule has 6 nitrogen and oxygen atoms in total. The van der Waals surface area contributed by atoms with Crippen LogP contribution in [0.15, 0.2) is 60.8 Å². The summed E-state index contributed by atoms with van der Waals surface area (Å²) in [7, 11) is 1.61. The summed E-state index contributed by atoms with van der Waals surface area (Å²) >= 11 is 0. The van der Waals surface area contributed by atoms with Crippen LogP contribution >= 0.6 is 0 Å². The summed E-state index contributed by atoms with van der Waals surface area (Å²) in [5.41, 5.74) is 3.62. The molecule has 4 aromatic rings. The second kappa shape index (κ2) is 6.16. The Morgan fingerprint density at radius 2 is 2.00 bits per heavy atom. The quantitative estimate of drug-likeness (QED) is 0.531. The van der Waals surface area contributed by atoms with Crippen molar-refractivity contribution in [2.75, 3.05) is 12.4 Å². The molecule has 1 amide bonds.